The summed E-state index contributed by atoms with van der Waals surface area (Å²) in [5.74, 6) is -0.250. The summed E-state index contributed by atoms with van der Waals surface area (Å²) in [6.45, 7) is 0. The second-order valence-corrected chi connectivity index (χ2v) is 3.89. The van der Waals surface area contributed by atoms with Crippen LogP contribution < -0.4 is 0 Å². The summed E-state index contributed by atoms with van der Waals surface area (Å²) >= 11 is 0. The minimum Gasteiger partial charge on any atom is -0.265 e. The topological polar surface area (TPSA) is 30.7 Å². The van der Waals surface area contributed by atoms with Crippen LogP contribution in [0.3, 0.4) is 0 Å². The summed E-state index contributed by atoms with van der Waals surface area (Å²) < 4.78 is 14.6. The second-order valence-electron chi connectivity index (χ2n) is 3.89. The van der Waals surface area contributed by atoms with Crippen LogP contribution in [0.1, 0.15) is 0 Å². The van der Waals surface area contributed by atoms with Gasteiger partial charge in [-0.25, -0.2) is 9.07 Å². The average molecular weight is 239 g/mol. The molecule has 3 nitrogen and oxygen atoms in total. The molecule has 3 aromatic rings. The van der Waals surface area contributed by atoms with Crippen molar-refractivity contribution in [3.63, 3.8) is 0 Å². The van der Waals surface area contributed by atoms with E-state index in [4.69, 9.17) is 0 Å². The molecule has 0 unspecified atom stereocenters. The Morgan fingerprint density at radius 1 is 0.889 bits per heavy atom. The molecule has 0 amide bonds. The molecule has 2 aromatic heterocycles. The summed E-state index contributed by atoms with van der Waals surface area (Å²) in [5.41, 5.74) is 2.89. The number of pyridine rings is 1. The summed E-state index contributed by atoms with van der Waals surface area (Å²) in [6.07, 6.45) is 7.16. The Bertz CT molecular complexity index is 644. The van der Waals surface area contributed by atoms with Gasteiger partial charge in [-0.05, 0) is 42.0 Å². The van der Waals surface area contributed by atoms with Crippen LogP contribution in [0.25, 0.3) is 16.8 Å². The Balaban J connectivity index is 1.97. The molecule has 0 N–H and O–H groups in total. The number of halogens is 1. The zero-order chi connectivity index (χ0) is 12.4. The normalized spacial score (nSPS) is 10.5. The van der Waals surface area contributed by atoms with Gasteiger partial charge in [-0.15, -0.1) is 0 Å². The number of rotatable bonds is 2. The molecule has 0 bridgehead atoms. The van der Waals surface area contributed by atoms with Gasteiger partial charge in [0.25, 0.3) is 0 Å². The van der Waals surface area contributed by atoms with Gasteiger partial charge in [-0.1, -0.05) is 0 Å². The van der Waals surface area contributed by atoms with E-state index < -0.39 is 0 Å². The smallest absolute Gasteiger partial charge is 0.123 e. The molecule has 0 saturated heterocycles. The monoisotopic (exact) mass is 239 g/mol. The third-order valence-electron chi connectivity index (χ3n) is 2.69. The zero-order valence-electron chi connectivity index (χ0n) is 9.49. The van der Waals surface area contributed by atoms with Crippen molar-refractivity contribution in [2.75, 3.05) is 0 Å². The van der Waals surface area contributed by atoms with Crippen LogP contribution in [0.4, 0.5) is 4.39 Å². The summed E-state index contributed by atoms with van der Waals surface area (Å²) in [5, 5.41) is 4.27. The first-order valence-corrected chi connectivity index (χ1v) is 5.54. The summed E-state index contributed by atoms with van der Waals surface area (Å²) in [6, 6.07) is 10.1. The number of nitrogens with zero attached hydrogens (tertiary/aromatic N) is 3. The molecule has 0 saturated carbocycles. The van der Waals surface area contributed by atoms with Gasteiger partial charge in [-0.3, -0.25) is 4.98 Å². The number of hydrogen-bond donors (Lipinski definition) is 0. The van der Waals surface area contributed by atoms with Crippen LogP contribution in [-0.2, 0) is 0 Å². The van der Waals surface area contributed by atoms with Gasteiger partial charge >= 0.3 is 0 Å². The number of hydrogen-bond acceptors (Lipinski definition) is 2. The Hall–Kier alpha value is -2.49. The van der Waals surface area contributed by atoms with Gasteiger partial charge in [0.15, 0.2) is 0 Å². The van der Waals surface area contributed by atoms with Crippen molar-refractivity contribution < 1.29 is 4.39 Å². The van der Waals surface area contributed by atoms with Crippen molar-refractivity contribution >= 4 is 0 Å². The van der Waals surface area contributed by atoms with Crippen LogP contribution in [0.2, 0.25) is 0 Å². The van der Waals surface area contributed by atoms with Crippen LogP contribution >= 0.6 is 0 Å². The standard InChI is InChI=1S/C14H10FN3/c15-13-1-3-14(4-2-13)18-10-12(9-17-18)11-5-7-16-8-6-11/h1-10H. The van der Waals surface area contributed by atoms with Crippen LogP contribution in [0.15, 0.2) is 61.2 Å². The Morgan fingerprint density at radius 3 is 2.33 bits per heavy atom. The first-order chi connectivity index (χ1) is 8.83. The number of benzene rings is 1. The highest BCUT2D eigenvalue weighted by Gasteiger charge is 2.03. The lowest BCUT2D eigenvalue weighted by Gasteiger charge is -2.00. The van der Waals surface area contributed by atoms with Crippen molar-refractivity contribution in [3.05, 3.63) is 67.0 Å². The van der Waals surface area contributed by atoms with Crippen molar-refractivity contribution in [1.29, 1.82) is 0 Å². The summed E-state index contributed by atoms with van der Waals surface area (Å²) in [4.78, 5) is 3.98. The van der Waals surface area contributed by atoms with E-state index in [1.54, 1.807) is 35.4 Å². The van der Waals surface area contributed by atoms with Crippen LogP contribution in [0, 0.1) is 5.82 Å². The highest BCUT2D eigenvalue weighted by molar-refractivity contribution is 5.61. The Morgan fingerprint density at radius 2 is 1.61 bits per heavy atom. The van der Waals surface area contributed by atoms with E-state index in [2.05, 4.69) is 10.1 Å². The molecule has 0 radical (unpaired) electrons. The van der Waals surface area contributed by atoms with Gasteiger partial charge in [-0.2, -0.15) is 5.10 Å². The first-order valence-electron chi connectivity index (χ1n) is 5.54. The highest BCUT2D eigenvalue weighted by atomic mass is 19.1. The average Bonchev–Trinajstić information content (AvgIpc) is 2.90. The maximum Gasteiger partial charge on any atom is 0.123 e. The lowest BCUT2D eigenvalue weighted by Crippen LogP contribution is -1.93. The maximum absolute atomic E-state index is 12.8. The molecule has 0 spiro atoms. The van der Waals surface area contributed by atoms with Gasteiger partial charge in [0.1, 0.15) is 5.82 Å². The van der Waals surface area contributed by atoms with E-state index in [1.807, 2.05) is 18.3 Å². The lowest BCUT2D eigenvalue weighted by molar-refractivity contribution is 0.627. The number of aromatic nitrogens is 3. The largest absolute Gasteiger partial charge is 0.265 e. The Kier molecular flexibility index (Phi) is 2.61. The van der Waals surface area contributed by atoms with Gasteiger partial charge in [0, 0.05) is 24.2 Å². The molecule has 0 atom stereocenters. The van der Waals surface area contributed by atoms with Crippen LogP contribution in [0.5, 0.6) is 0 Å². The third-order valence-corrected chi connectivity index (χ3v) is 2.69. The van der Waals surface area contributed by atoms with Gasteiger partial charge < -0.3 is 0 Å². The molecule has 0 aliphatic heterocycles. The SMILES string of the molecule is Fc1ccc(-n2cc(-c3ccncc3)cn2)cc1. The third kappa shape index (κ3) is 2.00. The van der Waals surface area contributed by atoms with E-state index in [9.17, 15) is 4.39 Å². The van der Waals surface area contributed by atoms with E-state index >= 15 is 0 Å². The van der Waals surface area contributed by atoms with Crippen molar-refractivity contribution in [2.45, 2.75) is 0 Å². The van der Waals surface area contributed by atoms with Crippen molar-refractivity contribution in [1.82, 2.24) is 14.8 Å². The van der Waals surface area contributed by atoms with Crippen molar-refractivity contribution in [3.8, 4) is 16.8 Å². The highest BCUT2D eigenvalue weighted by Crippen LogP contribution is 2.19. The van der Waals surface area contributed by atoms with Crippen LogP contribution in [-0.4, -0.2) is 14.8 Å². The minimum absolute atomic E-state index is 0.250. The summed E-state index contributed by atoms with van der Waals surface area (Å²) in [7, 11) is 0. The van der Waals surface area contributed by atoms with Gasteiger partial charge in [0.05, 0.1) is 11.9 Å². The fourth-order valence-corrected chi connectivity index (χ4v) is 1.75. The molecule has 88 valence electrons. The minimum atomic E-state index is -0.250. The zero-order valence-corrected chi connectivity index (χ0v) is 9.49. The maximum atomic E-state index is 12.8. The molecule has 0 aliphatic rings. The van der Waals surface area contributed by atoms with E-state index in [-0.39, 0.29) is 5.82 Å². The molecule has 2 heterocycles. The molecule has 0 aliphatic carbocycles. The predicted molar refractivity (Wildman–Crippen MR) is 66.8 cm³/mol. The first kappa shape index (κ1) is 10.7. The Labute approximate surface area is 104 Å². The second kappa shape index (κ2) is 4.41. The van der Waals surface area contributed by atoms with Gasteiger partial charge in [0.2, 0.25) is 0 Å². The molecule has 4 heteroatoms. The van der Waals surface area contributed by atoms with E-state index in [0.717, 1.165) is 16.8 Å². The fourth-order valence-electron chi connectivity index (χ4n) is 1.75. The lowest BCUT2D eigenvalue weighted by atomic mass is 10.1. The van der Waals surface area contributed by atoms with E-state index in [1.165, 1.54) is 12.1 Å². The van der Waals surface area contributed by atoms with Crippen molar-refractivity contribution in [2.24, 2.45) is 0 Å². The molecular weight excluding hydrogens is 229 g/mol. The fraction of sp³-hybridized carbons (Fsp3) is 0. The molecule has 0 fully saturated rings. The predicted octanol–water partition coefficient (Wildman–Crippen LogP) is 3.07. The molecule has 1 aromatic carbocycles. The molecule has 3 rings (SSSR count). The molecule has 18 heavy (non-hydrogen) atoms. The van der Waals surface area contributed by atoms with E-state index in [0.29, 0.717) is 0 Å². The molecular formula is C14H10FN3. The quantitative estimate of drug-likeness (QED) is 0.688.